The Labute approximate surface area is 99.9 Å². The maximum Gasteiger partial charge on any atom is 0.195 e. The molecule has 0 bridgehead atoms. The molecule has 1 aromatic carbocycles. The summed E-state index contributed by atoms with van der Waals surface area (Å²) in [5, 5.41) is 9.28. The van der Waals surface area contributed by atoms with Crippen molar-refractivity contribution in [2.45, 2.75) is 25.9 Å². The highest BCUT2D eigenvalue weighted by molar-refractivity contribution is 7.99. The molecule has 1 heterocycles. The Hall–Kier alpha value is -1.29. The molecule has 0 aliphatic rings. The summed E-state index contributed by atoms with van der Waals surface area (Å²) in [6.45, 7) is 6.19. The zero-order valence-corrected chi connectivity index (χ0v) is 10.6. The van der Waals surface area contributed by atoms with E-state index in [4.69, 9.17) is 0 Å². The second-order valence-corrected chi connectivity index (χ2v) is 4.87. The zero-order valence-electron chi connectivity index (χ0n) is 9.77. The third-order valence-corrected chi connectivity index (χ3v) is 3.14. The molecule has 2 aromatic rings. The second-order valence-electron chi connectivity index (χ2n) is 3.64. The van der Waals surface area contributed by atoms with E-state index >= 15 is 0 Å². The van der Waals surface area contributed by atoms with Crippen LogP contribution in [0.15, 0.2) is 29.4 Å². The third-order valence-electron chi connectivity index (χ3n) is 2.33. The fraction of sp³-hybridized carbons (Fsp3) is 0.333. The number of hydrogen-bond donors (Lipinski definition) is 0. The van der Waals surface area contributed by atoms with Crippen LogP contribution in [0.2, 0.25) is 0 Å². The van der Waals surface area contributed by atoms with Crippen LogP contribution in [0.3, 0.4) is 0 Å². The number of thioether (sulfide) groups is 1. The Balaban J connectivity index is 2.50. The Bertz CT molecular complexity index is 491. The highest BCUT2D eigenvalue weighted by atomic mass is 32.2. The van der Waals surface area contributed by atoms with Gasteiger partial charge in [0.2, 0.25) is 0 Å². The molecule has 0 spiro atoms. The van der Waals surface area contributed by atoms with Crippen molar-refractivity contribution < 1.29 is 0 Å². The molecule has 0 saturated heterocycles. The summed E-state index contributed by atoms with van der Waals surface area (Å²) in [6, 6.07) is 8.39. The smallest absolute Gasteiger partial charge is 0.195 e. The van der Waals surface area contributed by atoms with Gasteiger partial charge in [-0.15, -0.1) is 10.2 Å². The summed E-state index contributed by atoms with van der Waals surface area (Å²) in [6.07, 6.45) is 0. The molecule has 1 aromatic heterocycles. The van der Waals surface area contributed by atoms with Crippen molar-refractivity contribution >= 4 is 11.8 Å². The van der Waals surface area contributed by atoms with E-state index < -0.39 is 0 Å². The highest BCUT2D eigenvalue weighted by Crippen LogP contribution is 2.21. The van der Waals surface area contributed by atoms with Crippen LogP contribution in [0.5, 0.6) is 0 Å². The normalized spacial score (nSPS) is 10.7. The third kappa shape index (κ3) is 2.11. The van der Waals surface area contributed by atoms with Crippen LogP contribution in [0.4, 0.5) is 0 Å². The summed E-state index contributed by atoms with van der Waals surface area (Å²) in [4.78, 5) is 0. The number of rotatable bonds is 3. The number of nitrogens with zero attached hydrogens (tertiary/aromatic N) is 3. The van der Waals surface area contributed by atoms with Gasteiger partial charge in [0.1, 0.15) is 5.82 Å². The highest BCUT2D eigenvalue weighted by Gasteiger charge is 2.10. The van der Waals surface area contributed by atoms with Gasteiger partial charge in [-0.1, -0.05) is 30.8 Å². The molecule has 0 aliphatic carbocycles. The fourth-order valence-corrected chi connectivity index (χ4v) is 2.35. The number of benzene rings is 1. The van der Waals surface area contributed by atoms with Crippen molar-refractivity contribution in [2.24, 2.45) is 0 Å². The van der Waals surface area contributed by atoms with Gasteiger partial charge in [0.15, 0.2) is 5.16 Å². The Morgan fingerprint density at radius 2 is 2.06 bits per heavy atom. The molecule has 0 unspecified atom stereocenters. The van der Waals surface area contributed by atoms with Crippen molar-refractivity contribution in [1.29, 1.82) is 0 Å². The quantitative estimate of drug-likeness (QED) is 0.764. The van der Waals surface area contributed by atoms with Crippen LogP contribution in [0.25, 0.3) is 5.69 Å². The average Bonchev–Trinajstić information content (AvgIpc) is 2.60. The van der Waals surface area contributed by atoms with Crippen molar-refractivity contribution in [2.75, 3.05) is 5.75 Å². The topological polar surface area (TPSA) is 30.7 Å². The van der Waals surface area contributed by atoms with E-state index in [2.05, 4.69) is 52.9 Å². The van der Waals surface area contributed by atoms with Gasteiger partial charge in [-0.2, -0.15) is 0 Å². The summed E-state index contributed by atoms with van der Waals surface area (Å²) in [5.74, 6) is 1.94. The summed E-state index contributed by atoms with van der Waals surface area (Å²) in [7, 11) is 0. The Morgan fingerprint density at radius 3 is 2.75 bits per heavy atom. The molecule has 0 fully saturated rings. The van der Waals surface area contributed by atoms with E-state index in [9.17, 15) is 0 Å². The minimum Gasteiger partial charge on any atom is -0.274 e. The SMILES string of the molecule is CCSc1nnc(C)n1-c1cccc(C)c1. The minimum absolute atomic E-state index is 0.932. The predicted octanol–water partition coefficient (Wildman–Crippen LogP) is 3.00. The van der Waals surface area contributed by atoms with Gasteiger partial charge in [0.05, 0.1) is 0 Å². The van der Waals surface area contributed by atoms with Gasteiger partial charge in [0.25, 0.3) is 0 Å². The molecule has 0 atom stereocenters. The first kappa shape index (κ1) is 11.2. The monoisotopic (exact) mass is 233 g/mol. The molecule has 0 radical (unpaired) electrons. The van der Waals surface area contributed by atoms with Crippen molar-refractivity contribution in [1.82, 2.24) is 14.8 Å². The van der Waals surface area contributed by atoms with E-state index in [1.54, 1.807) is 11.8 Å². The standard InChI is InChI=1S/C12H15N3S/c1-4-16-12-14-13-10(3)15(12)11-7-5-6-9(2)8-11/h5-8H,4H2,1-3H3. The van der Waals surface area contributed by atoms with Gasteiger partial charge in [-0.3, -0.25) is 4.57 Å². The molecule has 84 valence electrons. The fourth-order valence-electron chi connectivity index (χ4n) is 1.63. The van der Waals surface area contributed by atoms with E-state index in [1.165, 1.54) is 5.56 Å². The van der Waals surface area contributed by atoms with Crippen LogP contribution < -0.4 is 0 Å². The maximum absolute atomic E-state index is 4.19. The van der Waals surface area contributed by atoms with Crippen molar-refractivity contribution in [3.05, 3.63) is 35.7 Å². The predicted molar refractivity (Wildman–Crippen MR) is 67.2 cm³/mol. The summed E-state index contributed by atoms with van der Waals surface area (Å²) < 4.78 is 2.10. The lowest BCUT2D eigenvalue weighted by Crippen LogP contribution is -1.99. The molecule has 4 heteroatoms. The van der Waals surface area contributed by atoms with Crippen molar-refractivity contribution in [3.63, 3.8) is 0 Å². The van der Waals surface area contributed by atoms with Gasteiger partial charge < -0.3 is 0 Å². The Morgan fingerprint density at radius 1 is 1.25 bits per heavy atom. The summed E-state index contributed by atoms with van der Waals surface area (Å²) >= 11 is 1.71. The first-order valence-electron chi connectivity index (χ1n) is 5.34. The lowest BCUT2D eigenvalue weighted by molar-refractivity contribution is 0.868. The average molecular weight is 233 g/mol. The largest absolute Gasteiger partial charge is 0.274 e. The molecule has 0 N–H and O–H groups in total. The van der Waals surface area contributed by atoms with Crippen molar-refractivity contribution in [3.8, 4) is 5.69 Å². The number of hydrogen-bond acceptors (Lipinski definition) is 3. The van der Waals surface area contributed by atoms with Gasteiger partial charge >= 0.3 is 0 Å². The molecular weight excluding hydrogens is 218 g/mol. The van der Waals surface area contributed by atoms with E-state index in [0.29, 0.717) is 0 Å². The lowest BCUT2D eigenvalue weighted by atomic mass is 10.2. The first-order chi connectivity index (χ1) is 7.72. The molecule has 2 rings (SSSR count). The lowest BCUT2D eigenvalue weighted by Gasteiger charge is -2.08. The summed E-state index contributed by atoms with van der Waals surface area (Å²) in [5.41, 5.74) is 2.39. The number of aryl methyl sites for hydroxylation is 2. The molecule has 16 heavy (non-hydrogen) atoms. The molecule has 3 nitrogen and oxygen atoms in total. The minimum atomic E-state index is 0.932. The van der Waals surface area contributed by atoms with Gasteiger partial charge in [-0.25, -0.2) is 0 Å². The van der Waals surface area contributed by atoms with Gasteiger partial charge in [-0.05, 0) is 37.3 Å². The van der Waals surface area contributed by atoms with Crippen LogP contribution in [0, 0.1) is 13.8 Å². The molecule has 0 amide bonds. The van der Waals surface area contributed by atoms with Gasteiger partial charge in [0, 0.05) is 5.69 Å². The Kier molecular flexibility index (Phi) is 3.29. The second kappa shape index (κ2) is 4.70. The zero-order chi connectivity index (χ0) is 11.5. The van der Waals surface area contributed by atoms with E-state index in [1.807, 2.05) is 6.92 Å². The first-order valence-corrected chi connectivity index (χ1v) is 6.32. The van der Waals surface area contributed by atoms with E-state index in [-0.39, 0.29) is 0 Å². The van der Waals surface area contributed by atoms with Crippen LogP contribution in [-0.2, 0) is 0 Å². The van der Waals surface area contributed by atoms with Crippen LogP contribution in [0.1, 0.15) is 18.3 Å². The molecular formula is C12H15N3S. The molecule has 0 aliphatic heterocycles. The maximum atomic E-state index is 4.19. The van der Waals surface area contributed by atoms with Crippen LogP contribution in [-0.4, -0.2) is 20.5 Å². The van der Waals surface area contributed by atoms with Crippen LogP contribution >= 0.6 is 11.8 Å². The number of aromatic nitrogens is 3. The van der Waals surface area contributed by atoms with E-state index in [0.717, 1.165) is 22.4 Å². The molecule has 0 saturated carbocycles.